The van der Waals surface area contributed by atoms with Gasteiger partial charge in [0.05, 0.1) is 0 Å². The number of rotatable bonds is 3. The molecule has 0 radical (unpaired) electrons. The van der Waals surface area contributed by atoms with E-state index in [1.165, 1.54) is 6.07 Å². The van der Waals surface area contributed by atoms with Crippen molar-refractivity contribution in [3.63, 3.8) is 0 Å². The predicted octanol–water partition coefficient (Wildman–Crippen LogP) is 2.62. The number of hydrogen-bond donors (Lipinski definition) is 1. The molecule has 1 N–H and O–H groups in total. The molecule has 0 saturated carbocycles. The Kier molecular flexibility index (Phi) is 3.29. The number of thiophene rings is 1. The van der Waals surface area contributed by atoms with Crippen LogP contribution in [-0.2, 0) is 0 Å². The predicted molar refractivity (Wildman–Crippen MR) is 70.8 cm³/mol. The minimum atomic E-state index is -1.04. The zero-order valence-corrected chi connectivity index (χ0v) is 11.2. The molecule has 0 spiro atoms. The van der Waals surface area contributed by atoms with Crippen LogP contribution in [-0.4, -0.2) is 28.1 Å². The Morgan fingerprint density at radius 3 is 2.67 bits per heavy atom. The smallest absolute Gasteiger partial charge is 0.354 e. The van der Waals surface area contributed by atoms with Gasteiger partial charge >= 0.3 is 5.97 Å². The first-order valence-electron chi connectivity index (χ1n) is 5.36. The topological polar surface area (TPSA) is 66.3 Å². The molecule has 94 valence electrons. The van der Waals surface area contributed by atoms with Crippen molar-refractivity contribution in [1.82, 2.24) is 9.97 Å². The maximum Gasteiger partial charge on any atom is 0.354 e. The van der Waals surface area contributed by atoms with Crippen molar-refractivity contribution in [1.29, 1.82) is 0 Å². The first kappa shape index (κ1) is 12.5. The highest BCUT2D eigenvalue weighted by molar-refractivity contribution is 7.14. The molecule has 0 unspecified atom stereocenters. The van der Waals surface area contributed by atoms with E-state index in [-0.39, 0.29) is 5.69 Å². The number of nitrogens with zero attached hydrogens (tertiary/aromatic N) is 3. The van der Waals surface area contributed by atoms with Crippen LogP contribution in [0.5, 0.6) is 0 Å². The number of aromatic carboxylic acids is 1. The van der Waals surface area contributed by atoms with Crippen molar-refractivity contribution in [3.05, 3.63) is 34.5 Å². The number of aryl methyl sites for hydroxylation is 2. The van der Waals surface area contributed by atoms with Gasteiger partial charge < -0.3 is 10.0 Å². The van der Waals surface area contributed by atoms with Gasteiger partial charge in [-0.3, -0.25) is 0 Å². The first-order chi connectivity index (χ1) is 8.49. The van der Waals surface area contributed by atoms with Gasteiger partial charge in [-0.25, -0.2) is 14.8 Å². The van der Waals surface area contributed by atoms with Crippen molar-refractivity contribution in [2.75, 3.05) is 11.9 Å². The second-order valence-corrected chi connectivity index (χ2v) is 4.86. The lowest BCUT2D eigenvalue weighted by Crippen LogP contribution is -2.15. The Labute approximate surface area is 109 Å². The Balaban J connectivity index is 2.45. The molecule has 0 aliphatic rings. The summed E-state index contributed by atoms with van der Waals surface area (Å²) in [7, 11) is 1.83. The van der Waals surface area contributed by atoms with Crippen molar-refractivity contribution in [2.45, 2.75) is 13.8 Å². The fourth-order valence-electron chi connectivity index (χ4n) is 1.61. The zero-order chi connectivity index (χ0) is 13.3. The number of carboxylic acids is 1. The van der Waals surface area contributed by atoms with E-state index in [0.29, 0.717) is 11.6 Å². The standard InChI is InChI=1S/C12H13N3O2S/c1-7-4-5-18-10(7)15(3)12-13-8(2)6-9(14-12)11(16)17/h4-6H,1-3H3,(H,16,17). The Hall–Kier alpha value is -1.95. The summed E-state index contributed by atoms with van der Waals surface area (Å²) in [6, 6.07) is 3.46. The average Bonchev–Trinajstić information content (AvgIpc) is 2.73. The summed E-state index contributed by atoms with van der Waals surface area (Å²) in [5.41, 5.74) is 1.77. The normalized spacial score (nSPS) is 10.4. The van der Waals surface area contributed by atoms with E-state index in [1.807, 2.05) is 25.4 Å². The van der Waals surface area contributed by atoms with Gasteiger partial charge in [0.1, 0.15) is 5.00 Å². The SMILES string of the molecule is Cc1cc(C(=O)O)nc(N(C)c2sccc2C)n1. The fourth-order valence-corrected chi connectivity index (χ4v) is 2.51. The van der Waals surface area contributed by atoms with E-state index in [1.54, 1.807) is 23.2 Å². The van der Waals surface area contributed by atoms with Crippen LogP contribution in [0.25, 0.3) is 0 Å². The summed E-state index contributed by atoms with van der Waals surface area (Å²) in [6.07, 6.45) is 0. The third-order valence-electron chi connectivity index (χ3n) is 2.50. The summed E-state index contributed by atoms with van der Waals surface area (Å²) < 4.78 is 0. The molecule has 0 bridgehead atoms. The van der Waals surface area contributed by atoms with Crippen LogP contribution in [0.2, 0.25) is 0 Å². The van der Waals surface area contributed by atoms with E-state index in [9.17, 15) is 4.79 Å². The summed E-state index contributed by atoms with van der Waals surface area (Å²) in [5.74, 6) is -0.643. The third kappa shape index (κ3) is 2.33. The fraction of sp³-hybridized carbons (Fsp3) is 0.250. The van der Waals surface area contributed by atoms with Crippen LogP contribution in [0.4, 0.5) is 10.9 Å². The maximum absolute atomic E-state index is 11.0. The molecular weight excluding hydrogens is 250 g/mol. The molecule has 0 amide bonds. The van der Waals surface area contributed by atoms with Gasteiger partial charge in [-0.1, -0.05) is 0 Å². The number of carbonyl (C=O) groups is 1. The maximum atomic E-state index is 11.0. The largest absolute Gasteiger partial charge is 0.477 e. The second-order valence-electron chi connectivity index (χ2n) is 3.97. The van der Waals surface area contributed by atoms with Gasteiger partial charge in [0.2, 0.25) is 5.95 Å². The number of aromatic nitrogens is 2. The molecule has 2 heterocycles. The van der Waals surface area contributed by atoms with Crippen LogP contribution in [0.15, 0.2) is 17.5 Å². The van der Waals surface area contributed by atoms with Gasteiger partial charge in [0.25, 0.3) is 0 Å². The van der Waals surface area contributed by atoms with Crippen LogP contribution >= 0.6 is 11.3 Å². The Morgan fingerprint density at radius 2 is 2.11 bits per heavy atom. The second kappa shape index (κ2) is 4.73. The lowest BCUT2D eigenvalue weighted by Gasteiger charge is -2.16. The van der Waals surface area contributed by atoms with E-state index in [4.69, 9.17) is 5.11 Å². The van der Waals surface area contributed by atoms with E-state index in [0.717, 1.165) is 10.6 Å². The molecule has 6 heteroatoms. The molecule has 0 aliphatic heterocycles. The molecule has 0 aliphatic carbocycles. The zero-order valence-electron chi connectivity index (χ0n) is 10.3. The monoisotopic (exact) mass is 263 g/mol. The van der Waals surface area contributed by atoms with Gasteiger partial charge in [-0.15, -0.1) is 11.3 Å². The van der Waals surface area contributed by atoms with Crippen molar-refractivity contribution in [2.24, 2.45) is 0 Å². The van der Waals surface area contributed by atoms with Gasteiger partial charge in [-0.05, 0) is 36.9 Å². The highest BCUT2D eigenvalue weighted by Gasteiger charge is 2.14. The molecule has 0 atom stereocenters. The first-order valence-corrected chi connectivity index (χ1v) is 6.24. The molecule has 5 nitrogen and oxygen atoms in total. The lowest BCUT2D eigenvalue weighted by molar-refractivity contribution is 0.0690. The van der Waals surface area contributed by atoms with E-state index < -0.39 is 5.97 Å². The Morgan fingerprint density at radius 1 is 1.39 bits per heavy atom. The quantitative estimate of drug-likeness (QED) is 0.922. The third-order valence-corrected chi connectivity index (χ3v) is 3.59. The van der Waals surface area contributed by atoms with Crippen LogP contribution in [0.1, 0.15) is 21.7 Å². The Bertz CT molecular complexity index is 595. The molecular formula is C12H13N3O2S. The molecule has 0 aromatic carbocycles. The van der Waals surface area contributed by atoms with Crippen molar-refractivity contribution >= 4 is 28.3 Å². The summed E-state index contributed by atoms with van der Waals surface area (Å²) in [5, 5.41) is 12.0. The highest BCUT2D eigenvalue weighted by atomic mass is 32.1. The van der Waals surface area contributed by atoms with Gasteiger partial charge in [0.15, 0.2) is 5.69 Å². The lowest BCUT2D eigenvalue weighted by atomic mass is 10.3. The van der Waals surface area contributed by atoms with Crippen LogP contribution < -0.4 is 4.90 Å². The number of carboxylic acid groups (broad SMARTS) is 1. The van der Waals surface area contributed by atoms with Gasteiger partial charge in [-0.2, -0.15) is 0 Å². The summed E-state index contributed by atoms with van der Waals surface area (Å²) in [6.45, 7) is 3.75. The highest BCUT2D eigenvalue weighted by Crippen LogP contribution is 2.29. The average molecular weight is 263 g/mol. The van der Waals surface area contributed by atoms with Crippen LogP contribution in [0, 0.1) is 13.8 Å². The van der Waals surface area contributed by atoms with E-state index in [2.05, 4.69) is 9.97 Å². The van der Waals surface area contributed by atoms with Gasteiger partial charge in [0, 0.05) is 12.7 Å². The minimum absolute atomic E-state index is 0.0126. The summed E-state index contributed by atoms with van der Waals surface area (Å²) >= 11 is 1.57. The summed E-state index contributed by atoms with van der Waals surface area (Å²) in [4.78, 5) is 21.1. The number of hydrogen-bond acceptors (Lipinski definition) is 5. The molecule has 2 rings (SSSR count). The number of anilines is 2. The molecule has 2 aromatic rings. The molecule has 0 fully saturated rings. The minimum Gasteiger partial charge on any atom is -0.477 e. The van der Waals surface area contributed by atoms with Crippen molar-refractivity contribution in [3.8, 4) is 0 Å². The van der Waals surface area contributed by atoms with Crippen molar-refractivity contribution < 1.29 is 9.90 Å². The molecule has 2 aromatic heterocycles. The molecule has 18 heavy (non-hydrogen) atoms. The molecule has 0 saturated heterocycles. The van der Waals surface area contributed by atoms with E-state index >= 15 is 0 Å². The van der Waals surface area contributed by atoms with Crippen LogP contribution in [0.3, 0.4) is 0 Å².